The molecular formula is C17H22BrN3. The standard InChI is InChI=1S/C17H22BrN3/c1-3-16(19)17(14-6-4-5-7-15(14)18)21(2)12-13-8-10-20-11-9-13/h4-11,16-17H,3,12,19H2,1-2H3. The first kappa shape index (κ1) is 16.1. The number of aromatic nitrogens is 1. The first-order chi connectivity index (χ1) is 10.1. The zero-order chi connectivity index (χ0) is 15.2. The molecule has 0 aliphatic heterocycles. The molecule has 0 fully saturated rings. The summed E-state index contributed by atoms with van der Waals surface area (Å²) in [5.74, 6) is 0. The molecule has 2 atom stereocenters. The van der Waals surface area contributed by atoms with Gasteiger partial charge in [0.15, 0.2) is 0 Å². The fourth-order valence-electron chi connectivity index (χ4n) is 2.61. The Morgan fingerprint density at radius 1 is 1.19 bits per heavy atom. The highest BCUT2D eigenvalue weighted by Crippen LogP contribution is 2.30. The van der Waals surface area contributed by atoms with Crippen LogP contribution in [0.5, 0.6) is 0 Å². The highest BCUT2D eigenvalue weighted by atomic mass is 79.9. The van der Waals surface area contributed by atoms with Crippen LogP contribution in [0.25, 0.3) is 0 Å². The molecule has 21 heavy (non-hydrogen) atoms. The van der Waals surface area contributed by atoms with E-state index >= 15 is 0 Å². The summed E-state index contributed by atoms with van der Waals surface area (Å²) in [6, 6.07) is 12.7. The highest BCUT2D eigenvalue weighted by Gasteiger charge is 2.24. The third-order valence-electron chi connectivity index (χ3n) is 3.76. The molecule has 0 radical (unpaired) electrons. The molecule has 0 amide bonds. The van der Waals surface area contributed by atoms with Gasteiger partial charge in [-0.15, -0.1) is 0 Å². The van der Waals surface area contributed by atoms with Gasteiger partial charge in [0.1, 0.15) is 0 Å². The lowest BCUT2D eigenvalue weighted by Gasteiger charge is -2.33. The Morgan fingerprint density at radius 3 is 2.48 bits per heavy atom. The van der Waals surface area contributed by atoms with Gasteiger partial charge in [0.25, 0.3) is 0 Å². The van der Waals surface area contributed by atoms with Gasteiger partial charge in [0, 0.05) is 29.5 Å². The van der Waals surface area contributed by atoms with Crippen molar-refractivity contribution in [3.63, 3.8) is 0 Å². The van der Waals surface area contributed by atoms with Crippen LogP contribution < -0.4 is 5.73 Å². The molecule has 2 rings (SSSR count). The van der Waals surface area contributed by atoms with Crippen molar-refractivity contribution in [3.05, 3.63) is 64.4 Å². The second-order valence-corrected chi connectivity index (χ2v) is 6.16. The molecule has 112 valence electrons. The van der Waals surface area contributed by atoms with Crippen molar-refractivity contribution in [1.29, 1.82) is 0 Å². The average Bonchev–Trinajstić information content (AvgIpc) is 2.50. The SMILES string of the molecule is CCC(N)C(c1ccccc1Br)N(C)Cc1ccncc1. The molecule has 4 heteroatoms. The van der Waals surface area contributed by atoms with Crippen LogP contribution in [-0.2, 0) is 6.54 Å². The number of rotatable bonds is 6. The van der Waals surface area contributed by atoms with Crippen LogP contribution in [0.3, 0.4) is 0 Å². The smallest absolute Gasteiger partial charge is 0.0510 e. The maximum atomic E-state index is 6.40. The van der Waals surface area contributed by atoms with E-state index < -0.39 is 0 Å². The van der Waals surface area contributed by atoms with Crippen LogP contribution >= 0.6 is 15.9 Å². The molecule has 0 aliphatic rings. The maximum Gasteiger partial charge on any atom is 0.0510 e. The number of hydrogen-bond donors (Lipinski definition) is 1. The van der Waals surface area contributed by atoms with Crippen LogP contribution in [0.4, 0.5) is 0 Å². The Labute approximate surface area is 135 Å². The van der Waals surface area contributed by atoms with Gasteiger partial charge in [-0.25, -0.2) is 0 Å². The highest BCUT2D eigenvalue weighted by molar-refractivity contribution is 9.10. The minimum atomic E-state index is 0.0931. The Bertz CT molecular complexity index is 559. The Kier molecular flexibility index (Phi) is 5.91. The van der Waals surface area contributed by atoms with E-state index in [0.717, 1.165) is 17.4 Å². The van der Waals surface area contributed by atoms with Gasteiger partial charge in [-0.2, -0.15) is 0 Å². The van der Waals surface area contributed by atoms with E-state index in [1.165, 1.54) is 11.1 Å². The van der Waals surface area contributed by atoms with E-state index in [4.69, 9.17) is 5.73 Å². The van der Waals surface area contributed by atoms with Crippen molar-refractivity contribution in [2.75, 3.05) is 7.05 Å². The first-order valence-corrected chi connectivity index (χ1v) is 8.02. The number of pyridine rings is 1. The summed E-state index contributed by atoms with van der Waals surface area (Å²) in [6.07, 6.45) is 4.60. The van der Waals surface area contributed by atoms with Crippen LogP contribution in [0, 0.1) is 0 Å². The van der Waals surface area contributed by atoms with E-state index in [-0.39, 0.29) is 12.1 Å². The fraction of sp³-hybridized carbons (Fsp3) is 0.353. The quantitative estimate of drug-likeness (QED) is 0.864. The van der Waals surface area contributed by atoms with Crippen molar-refractivity contribution >= 4 is 15.9 Å². The lowest BCUT2D eigenvalue weighted by Crippen LogP contribution is -2.38. The lowest BCUT2D eigenvalue weighted by atomic mass is 9.96. The Morgan fingerprint density at radius 2 is 1.86 bits per heavy atom. The zero-order valence-electron chi connectivity index (χ0n) is 12.5. The summed E-state index contributed by atoms with van der Waals surface area (Å²) in [5, 5.41) is 0. The molecular weight excluding hydrogens is 326 g/mol. The topological polar surface area (TPSA) is 42.1 Å². The van der Waals surface area contributed by atoms with Gasteiger partial charge in [-0.05, 0) is 42.8 Å². The van der Waals surface area contributed by atoms with Crippen molar-refractivity contribution in [1.82, 2.24) is 9.88 Å². The minimum Gasteiger partial charge on any atom is -0.326 e. The number of nitrogens with zero attached hydrogens (tertiary/aromatic N) is 2. The van der Waals surface area contributed by atoms with Crippen molar-refractivity contribution in [3.8, 4) is 0 Å². The van der Waals surface area contributed by atoms with E-state index in [2.05, 4.69) is 58.0 Å². The maximum absolute atomic E-state index is 6.40. The molecule has 0 saturated carbocycles. The monoisotopic (exact) mass is 347 g/mol. The second-order valence-electron chi connectivity index (χ2n) is 5.31. The summed E-state index contributed by atoms with van der Waals surface area (Å²) < 4.78 is 1.11. The van der Waals surface area contributed by atoms with Gasteiger partial charge in [0.2, 0.25) is 0 Å². The van der Waals surface area contributed by atoms with Crippen molar-refractivity contribution in [2.24, 2.45) is 5.73 Å². The van der Waals surface area contributed by atoms with E-state index in [9.17, 15) is 0 Å². The van der Waals surface area contributed by atoms with Gasteiger partial charge in [-0.1, -0.05) is 41.1 Å². The van der Waals surface area contributed by atoms with E-state index in [1.807, 2.05) is 30.6 Å². The fourth-order valence-corrected chi connectivity index (χ4v) is 3.13. The van der Waals surface area contributed by atoms with Crippen LogP contribution in [-0.4, -0.2) is 23.0 Å². The first-order valence-electron chi connectivity index (χ1n) is 7.22. The van der Waals surface area contributed by atoms with Crippen molar-refractivity contribution < 1.29 is 0 Å². The minimum absolute atomic E-state index is 0.0931. The zero-order valence-corrected chi connectivity index (χ0v) is 14.1. The molecule has 1 aromatic heterocycles. The molecule has 0 saturated heterocycles. The third kappa shape index (κ3) is 4.13. The predicted molar refractivity (Wildman–Crippen MR) is 90.9 cm³/mol. The van der Waals surface area contributed by atoms with Gasteiger partial charge >= 0.3 is 0 Å². The summed E-state index contributed by atoms with van der Waals surface area (Å²) >= 11 is 3.66. The lowest BCUT2D eigenvalue weighted by molar-refractivity contribution is 0.201. The average molecular weight is 348 g/mol. The second kappa shape index (κ2) is 7.69. The molecule has 0 aliphatic carbocycles. The predicted octanol–water partition coefficient (Wildman–Crippen LogP) is 3.75. The van der Waals surface area contributed by atoms with Gasteiger partial charge in [-0.3, -0.25) is 9.88 Å². The Hall–Kier alpha value is -1.23. The van der Waals surface area contributed by atoms with Crippen LogP contribution in [0.1, 0.15) is 30.5 Å². The number of nitrogens with two attached hydrogens (primary N) is 1. The molecule has 1 heterocycles. The Balaban J connectivity index is 2.26. The van der Waals surface area contributed by atoms with Gasteiger partial charge < -0.3 is 5.73 Å². The molecule has 0 spiro atoms. The normalized spacial score (nSPS) is 14.1. The van der Waals surface area contributed by atoms with E-state index in [1.54, 1.807) is 0 Å². The molecule has 2 aromatic rings. The van der Waals surface area contributed by atoms with Crippen LogP contribution in [0.15, 0.2) is 53.3 Å². The molecule has 2 unspecified atom stereocenters. The summed E-state index contributed by atoms with van der Waals surface area (Å²) in [7, 11) is 2.13. The molecule has 2 N–H and O–H groups in total. The number of benzene rings is 1. The summed E-state index contributed by atoms with van der Waals surface area (Å²) in [5.41, 5.74) is 8.88. The van der Waals surface area contributed by atoms with E-state index in [0.29, 0.717) is 0 Å². The number of hydrogen-bond acceptors (Lipinski definition) is 3. The number of halogens is 1. The molecule has 0 bridgehead atoms. The molecule has 3 nitrogen and oxygen atoms in total. The molecule has 1 aromatic carbocycles. The number of likely N-dealkylation sites (N-methyl/N-ethyl adjacent to an activating group) is 1. The summed E-state index contributed by atoms with van der Waals surface area (Å²) in [6.45, 7) is 2.98. The van der Waals surface area contributed by atoms with Crippen LogP contribution in [0.2, 0.25) is 0 Å². The van der Waals surface area contributed by atoms with Gasteiger partial charge in [0.05, 0.1) is 6.04 Å². The van der Waals surface area contributed by atoms with Crippen molar-refractivity contribution in [2.45, 2.75) is 32.0 Å². The third-order valence-corrected chi connectivity index (χ3v) is 4.48. The largest absolute Gasteiger partial charge is 0.326 e. The summed E-state index contributed by atoms with van der Waals surface area (Å²) in [4.78, 5) is 6.38.